The maximum Gasteiger partial charge on any atom is 0.326 e. The number of amides is 1. The van der Waals surface area contributed by atoms with Crippen LogP contribution in [0, 0.1) is 5.92 Å². The van der Waals surface area contributed by atoms with Crippen molar-refractivity contribution in [3.8, 4) is 0 Å². The van der Waals surface area contributed by atoms with Gasteiger partial charge in [0.25, 0.3) is 0 Å². The van der Waals surface area contributed by atoms with Crippen LogP contribution < -0.4 is 10.6 Å². The highest BCUT2D eigenvalue weighted by Gasteiger charge is 2.21. The number of nitrogens with one attached hydrogen (secondary N) is 2. The van der Waals surface area contributed by atoms with Crippen molar-refractivity contribution in [2.75, 3.05) is 25.6 Å². The summed E-state index contributed by atoms with van der Waals surface area (Å²) in [5.41, 5.74) is 0. The average Bonchev–Trinajstić information content (AvgIpc) is 2.23. The fourth-order valence-electron chi connectivity index (χ4n) is 1.21. The van der Waals surface area contributed by atoms with Gasteiger partial charge in [0.15, 0.2) is 0 Å². The maximum absolute atomic E-state index is 11.6. The molecule has 0 aromatic rings. The molecule has 1 unspecified atom stereocenters. The van der Waals surface area contributed by atoms with E-state index in [1.165, 1.54) is 0 Å². The molecule has 0 aliphatic heterocycles. The molecule has 0 radical (unpaired) electrons. The van der Waals surface area contributed by atoms with Crippen LogP contribution in [0.3, 0.4) is 0 Å². The van der Waals surface area contributed by atoms with E-state index in [1.807, 2.05) is 6.26 Å². The third kappa shape index (κ3) is 5.97. The van der Waals surface area contributed by atoms with Crippen LogP contribution in [-0.4, -0.2) is 48.6 Å². The molecule has 0 aromatic heterocycles. The van der Waals surface area contributed by atoms with Crippen molar-refractivity contribution in [3.63, 3.8) is 0 Å². The number of thioether (sulfide) groups is 1. The monoisotopic (exact) mass is 248 g/mol. The molecule has 0 spiro atoms. The Morgan fingerprint density at radius 2 is 2.06 bits per heavy atom. The Bertz CT molecular complexity index is 236. The molecule has 0 saturated heterocycles. The van der Waals surface area contributed by atoms with Crippen molar-refractivity contribution in [1.29, 1.82) is 0 Å². The number of rotatable bonds is 8. The van der Waals surface area contributed by atoms with E-state index in [0.29, 0.717) is 13.0 Å². The van der Waals surface area contributed by atoms with Gasteiger partial charge in [-0.25, -0.2) is 4.79 Å². The molecule has 0 rings (SSSR count). The minimum Gasteiger partial charge on any atom is -0.480 e. The molecule has 6 heteroatoms. The van der Waals surface area contributed by atoms with Crippen molar-refractivity contribution in [3.05, 3.63) is 0 Å². The first-order valence-corrected chi connectivity index (χ1v) is 6.59. The van der Waals surface area contributed by atoms with Crippen LogP contribution in [0.2, 0.25) is 0 Å². The van der Waals surface area contributed by atoms with E-state index in [0.717, 1.165) is 5.75 Å². The molecule has 94 valence electrons. The fraction of sp³-hybridized carbons (Fsp3) is 0.800. The molecule has 0 aliphatic rings. The van der Waals surface area contributed by atoms with Crippen LogP contribution in [0.15, 0.2) is 0 Å². The first-order chi connectivity index (χ1) is 7.52. The van der Waals surface area contributed by atoms with Gasteiger partial charge < -0.3 is 15.7 Å². The molecule has 0 fully saturated rings. The Morgan fingerprint density at radius 3 is 2.50 bits per heavy atom. The molecular weight excluding hydrogens is 228 g/mol. The Morgan fingerprint density at radius 1 is 1.44 bits per heavy atom. The van der Waals surface area contributed by atoms with Crippen LogP contribution in [0.4, 0.5) is 0 Å². The van der Waals surface area contributed by atoms with Gasteiger partial charge in [-0.05, 0) is 25.5 Å². The van der Waals surface area contributed by atoms with E-state index in [4.69, 9.17) is 5.11 Å². The summed E-state index contributed by atoms with van der Waals surface area (Å²) in [4.78, 5) is 22.5. The lowest BCUT2D eigenvalue weighted by Crippen LogP contribution is -2.45. The highest BCUT2D eigenvalue weighted by molar-refractivity contribution is 7.98. The van der Waals surface area contributed by atoms with Crippen molar-refractivity contribution in [2.24, 2.45) is 5.92 Å². The number of aliphatic carboxylic acids is 1. The largest absolute Gasteiger partial charge is 0.480 e. The molecule has 5 nitrogen and oxygen atoms in total. The highest BCUT2D eigenvalue weighted by Crippen LogP contribution is 2.02. The van der Waals surface area contributed by atoms with Gasteiger partial charge in [-0.3, -0.25) is 4.79 Å². The second kappa shape index (κ2) is 8.41. The molecule has 0 aromatic carbocycles. The minimum atomic E-state index is -0.973. The van der Waals surface area contributed by atoms with Gasteiger partial charge in [0.2, 0.25) is 5.91 Å². The van der Waals surface area contributed by atoms with Gasteiger partial charge in [-0.15, -0.1) is 0 Å². The van der Waals surface area contributed by atoms with E-state index in [1.54, 1.807) is 25.7 Å². The summed E-state index contributed by atoms with van der Waals surface area (Å²) in [5.74, 6) is -0.694. The van der Waals surface area contributed by atoms with Gasteiger partial charge in [-0.1, -0.05) is 6.92 Å². The van der Waals surface area contributed by atoms with E-state index in [2.05, 4.69) is 10.6 Å². The Hall–Kier alpha value is -0.750. The summed E-state index contributed by atoms with van der Waals surface area (Å²) in [6.07, 6.45) is 2.36. The zero-order chi connectivity index (χ0) is 12.6. The summed E-state index contributed by atoms with van der Waals surface area (Å²) in [6.45, 7) is 2.31. The summed E-state index contributed by atoms with van der Waals surface area (Å²) in [5, 5.41) is 14.3. The number of hydrogen-bond donors (Lipinski definition) is 3. The van der Waals surface area contributed by atoms with Crippen LogP contribution in [-0.2, 0) is 9.59 Å². The van der Waals surface area contributed by atoms with Gasteiger partial charge >= 0.3 is 5.97 Å². The Balaban J connectivity index is 4.17. The lowest BCUT2D eigenvalue weighted by Gasteiger charge is -2.17. The van der Waals surface area contributed by atoms with E-state index in [-0.39, 0.29) is 11.8 Å². The molecule has 0 heterocycles. The lowest BCUT2D eigenvalue weighted by atomic mass is 10.1. The van der Waals surface area contributed by atoms with E-state index in [9.17, 15) is 9.59 Å². The quantitative estimate of drug-likeness (QED) is 0.570. The summed E-state index contributed by atoms with van der Waals surface area (Å²) >= 11 is 1.57. The van der Waals surface area contributed by atoms with E-state index >= 15 is 0 Å². The Kier molecular flexibility index (Phi) is 8.01. The highest BCUT2D eigenvalue weighted by atomic mass is 32.2. The summed E-state index contributed by atoms with van der Waals surface area (Å²) < 4.78 is 0. The third-order valence-corrected chi connectivity index (χ3v) is 2.83. The standard InChI is InChI=1S/C10H20N2O3S/c1-7(6-11-2)9(13)12-8(10(14)15)4-5-16-3/h7-8,11H,4-6H2,1-3H3,(H,12,13)(H,14,15)/t7?,8-/m0/s1. The van der Waals surface area contributed by atoms with Crippen LogP contribution >= 0.6 is 11.8 Å². The zero-order valence-electron chi connectivity index (χ0n) is 9.95. The van der Waals surface area contributed by atoms with Crippen molar-refractivity contribution in [2.45, 2.75) is 19.4 Å². The Labute approximate surface area is 100 Å². The fourth-order valence-corrected chi connectivity index (χ4v) is 1.68. The predicted octanol–water partition coefficient (Wildman–Crippen LogP) is 0.164. The van der Waals surface area contributed by atoms with Gasteiger partial charge in [0.05, 0.1) is 0 Å². The van der Waals surface area contributed by atoms with E-state index < -0.39 is 12.0 Å². The third-order valence-electron chi connectivity index (χ3n) is 2.18. The van der Waals surface area contributed by atoms with Crippen LogP contribution in [0.25, 0.3) is 0 Å². The first kappa shape index (κ1) is 15.2. The molecule has 0 bridgehead atoms. The number of carbonyl (C=O) groups excluding carboxylic acids is 1. The predicted molar refractivity (Wildman–Crippen MR) is 65.7 cm³/mol. The molecule has 2 atom stereocenters. The zero-order valence-corrected chi connectivity index (χ0v) is 10.8. The molecule has 1 amide bonds. The SMILES string of the molecule is CNCC(C)C(=O)N[C@@H](CCSC)C(=O)O. The second-order valence-corrected chi connectivity index (χ2v) is 4.63. The number of carbonyl (C=O) groups is 2. The average molecular weight is 248 g/mol. The summed E-state index contributed by atoms with van der Waals surface area (Å²) in [6, 6.07) is -0.778. The number of hydrogen-bond acceptors (Lipinski definition) is 4. The molecule has 16 heavy (non-hydrogen) atoms. The smallest absolute Gasteiger partial charge is 0.326 e. The second-order valence-electron chi connectivity index (χ2n) is 3.64. The topological polar surface area (TPSA) is 78.4 Å². The maximum atomic E-state index is 11.6. The molecule has 3 N–H and O–H groups in total. The van der Waals surface area contributed by atoms with Crippen LogP contribution in [0.1, 0.15) is 13.3 Å². The van der Waals surface area contributed by atoms with Gasteiger partial charge in [0, 0.05) is 12.5 Å². The van der Waals surface area contributed by atoms with Crippen LogP contribution in [0.5, 0.6) is 0 Å². The molecular formula is C10H20N2O3S. The van der Waals surface area contributed by atoms with Crippen molar-refractivity contribution in [1.82, 2.24) is 10.6 Å². The minimum absolute atomic E-state index is 0.220. The van der Waals surface area contributed by atoms with Crippen molar-refractivity contribution >= 4 is 23.6 Å². The first-order valence-electron chi connectivity index (χ1n) is 5.19. The molecule has 0 saturated carbocycles. The van der Waals surface area contributed by atoms with Crippen molar-refractivity contribution < 1.29 is 14.7 Å². The molecule has 0 aliphatic carbocycles. The van der Waals surface area contributed by atoms with Gasteiger partial charge in [-0.2, -0.15) is 11.8 Å². The lowest BCUT2D eigenvalue weighted by molar-refractivity contribution is -0.142. The van der Waals surface area contributed by atoms with Gasteiger partial charge in [0.1, 0.15) is 6.04 Å². The number of carboxylic acid groups (broad SMARTS) is 1. The summed E-state index contributed by atoms with van der Waals surface area (Å²) in [7, 11) is 1.76. The number of carboxylic acids is 1. The normalized spacial score (nSPS) is 14.2.